The van der Waals surface area contributed by atoms with Crippen LogP contribution in [0.4, 0.5) is 0 Å². The number of hydrogen-bond acceptors (Lipinski definition) is 20. The van der Waals surface area contributed by atoms with E-state index in [1.807, 2.05) is 30.3 Å². The topological polar surface area (TPSA) is 545 Å². The van der Waals surface area contributed by atoms with Crippen molar-refractivity contribution in [3.63, 3.8) is 0 Å². The number of nitrogens with one attached hydrogen (secondary N) is 10. The van der Waals surface area contributed by atoms with Crippen molar-refractivity contribution in [2.24, 2.45) is 45.7 Å². The highest BCUT2D eigenvalue weighted by Gasteiger charge is 2.44. The number of nitrogens with zero attached hydrogens (tertiary/aromatic N) is 2. The number of benzene rings is 1. The fourth-order valence-corrected chi connectivity index (χ4v) is 11.2. The Kier molecular flexibility index (Phi) is 32.0. The second-order valence-corrected chi connectivity index (χ2v) is 30.7. The van der Waals surface area contributed by atoms with E-state index in [9.17, 15) is 68.4 Å². The number of esters is 1. The Balaban J connectivity index is 2.45. The molecule has 1 aromatic heterocycles. The molecule has 11 amide bonds. The van der Waals surface area contributed by atoms with Gasteiger partial charge in [0.15, 0.2) is 24.2 Å². The van der Waals surface area contributed by atoms with Crippen molar-refractivity contribution in [2.45, 2.75) is 191 Å². The molecule has 1 saturated heterocycles. The van der Waals surface area contributed by atoms with Gasteiger partial charge in [0.25, 0.3) is 0 Å². The number of rotatable bonds is 23. The first kappa shape index (κ1) is 79.5. The first-order valence-electron chi connectivity index (χ1n) is 30.9. The number of hydrogen-bond donors (Lipinski definition) is 18. The summed E-state index contributed by atoms with van der Waals surface area (Å²) in [4.78, 5) is 179. The average molecular weight is 1340 g/mol. The van der Waals surface area contributed by atoms with E-state index in [-0.39, 0.29) is 56.2 Å². The number of carbonyl (C=O) groups is 12. The second-order valence-electron chi connectivity index (χ2n) is 25.1. The lowest BCUT2D eigenvalue weighted by atomic mass is 9.95. The number of pyridine rings is 1. The SMILES string of the molecule is CC[C@H](C)[C@@H]1NC(=O)[C@@H](CCCN=C(N)N)NC(=O)[C@H](CC(C)C)NC(=O)[C@H]([C@H](O)C(C)C)NC(=O)[C@@H](NC(=O)[C@H](Cc2cccnc2)NC(=O)[C@H](N)C[Si](C)(C)C)[C@@H](c2ccccc2)OC(=O)[C@H](CO)NC(=O)[C@H]([C@H](O)C(N)=O)NC(=O)CNC(=O)C([C@H](C)O)NC1=O. The molecule has 22 N–H and O–H groups in total. The van der Waals surface area contributed by atoms with Crippen molar-refractivity contribution >= 4 is 85.0 Å². The maximum atomic E-state index is 15.5. The maximum absolute atomic E-state index is 15.5. The number of aliphatic hydroxyl groups is 4. The van der Waals surface area contributed by atoms with Gasteiger partial charge in [-0.05, 0) is 67.2 Å². The van der Waals surface area contributed by atoms with Crippen LogP contribution >= 0.6 is 0 Å². The summed E-state index contributed by atoms with van der Waals surface area (Å²) in [6.45, 7) is 14.1. The number of aromatic nitrogens is 1. The van der Waals surface area contributed by atoms with Crippen molar-refractivity contribution in [1.29, 1.82) is 0 Å². The molecule has 3 rings (SSSR count). The maximum Gasteiger partial charge on any atom is 0.331 e. The van der Waals surface area contributed by atoms with Crippen LogP contribution in [0, 0.1) is 17.8 Å². The molecule has 0 spiro atoms. The number of ether oxygens (including phenoxy) is 1. The molecule has 522 valence electrons. The minimum absolute atomic E-state index is 0.0392. The molecule has 1 aromatic carbocycles. The van der Waals surface area contributed by atoms with Crippen LogP contribution in [0.3, 0.4) is 0 Å². The number of primary amides is 1. The molecule has 0 radical (unpaired) electrons. The lowest BCUT2D eigenvalue weighted by molar-refractivity contribution is -0.159. The highest BCUT2D eigenvalue weighted by molar-refractivity contribution is 6.76. The zero-order valence-corrected chi connectivity index (χ0v) is 55.7. The summed E-state index contributed by atoms with van der Waals surface area (Å²) in [5, 5.41) is 68.3. The third kappa shape index (κ3) is 25.7. The van der Waals surface area contributed by atoms with E-state index in [4.69, 9.17) is 27.7 Å². The van der Waals surface area contributed by atoms with Crippen molar-refractivity contribution < 1.29 is 82.7 Å². The number of amides is 11. The fourth-order valence-electron chi connectivity index (χ4n) is 9.65. The van der Waals surface area contributed by atoms with Crippen molar-refractivity contribution in [2.75, 3.05) is 19.7 Å². The smallest absolute Gasteiger partial charge is 0.331 e. The zero-order valence-electron chi connectivity index (χ0n) is 54.7. The first-order chi connectivity index (χ1) is 44.0. The van der Waals surface area contributed by atoms with E-state index in [0.29, 0.717) is 5.56 Å². The molecule has 33 nitrogen and oxygen atoms in total. The standard InChI is InChI=1S/C60H96N16O17Si/c1-11-31(6)41-55(88)74-42(32(7)78)54(87)67-26-40(79)72-44(47(81)49(62)82)57(90)71-39(27-77)59(92)93-48(34-18-13-12-14-19-34)45(76-53(86)38(24-33-17-15-21-65-25-33)69-50(83)35(61)28-94(8,9)10)58(91)75-43(46(80)30(4)5)56(89)70-37(23-29(2)3)52(85)68-36(51(84)73-41)20-16-22-66-60(63)64/h12-15,17-19,21,25,29-32,35-39,41-48,77-78,80-81H,11,16,20,22-24,26-28,61H2,1-10H3,(H2,62,82)(H,67,87)(H,68,85)(H,69,83)(H,70,89)(H,71,90)(H,72,79)(H,73,84)(H,74,88)(H,75,91)(H,76,86)(H4,63,64,66)/t31-,32-,35+,36+,37-,38-,39-,41-,42?,43-,44-,45-,46+,47-,48+/m0/s1. The average Bonchev–Trinajstić information content (AvgIpc) is 0.965. The van der Waals surface area contributed by atoms with Gasteiger partial charge in [-0.25, -0.2) is 4.79 Å². The van der Waals surface area contributed by atoms with E-state index >= 15 is 9.59 Å². The van der Waals surface area contributed by atoms with Crippen molar-refractivity contribution in [3.05, 3.63) is 66.0 Å². The number of carbonyl (C=O) groups excluding carboxylic acids is 12. The van der Waals surface area contributed by atoms with Gasteiger partial charge in [-0.2, -0.15) is 0 Å². The van der Waals surface area contributed by atoms with Crippen LogP contribution in [0.25, 0.3) is 0 Å². The summed E-state index contributed by atoms with van der Waals surface area (Å²) < 4.78 is 5.96. The minimum Gasteiger partial charge on any atom is -0.453 e. The number of aliphatic imine (C=N–C) groups is 1. The van der Waals surface area contributed by atoms with Gasteiger partial charge in [-0.15, -0.1) is 0 Å². The number of guanidine groups is 1. The summed E-state index contributed by atoms with van der Waals surface area (Å²) in [6.07, 6.45) is -5.73. The molecule has 1 aliphatic heterocycles. The summed E-state index contributed by atoms with van der Waals surface area (Å²) in [6, 6.07) is -7.68. The normalized spacial score (nSPS) is 24.2. The monoisotopic (exact) mass is 1340 g/mol. The lowest BCUT2D eigenvalue weighted by Gasteiger charge is -2.33. The summed E-state index contributed by atoms with van der Waals surface area (Å²) in [7, 11) is -2.03. The number of nitrogens with two attached hydrogens (primary N) is 4. The van der Waals surface area contributed by atoms with Crippen LogP contribution < -0.4 is 76.1 Å². The van der Waals surface area contributed by atoms with Gasteiger partial charge in [-0.1, -0.05) is 104 Å². The first-order valence-corrected chi connectivity index (χ1v) is 34.6. The molecule has 2 heterocycles. The zero-order chi connectivity index (χ0) is 70.9. The molecular weight excluding hydrogens is 1240 g/mol. The van der Waals surface area contributed by atoms with Gasteiger partial charge in [-0.3, -0.25) is 62.7 Å². The highest BCUT2D eigenvalue weighted by Crippen LogP contribution is 2.25. The van der Waals surface area contributed by atoms with E-state index in [1.54, 1.807) is 39.8 Å². The molecule has 0 bridgehead atoms. The second kappa shape index (κ2) is 37.9. The van der Waals surface area contributed by atoms with E-state index in [2.05, 4.69) is 52.5 Å². The minimum atomic E-state index is -2.59. The molecule has 2 aromatic rings. The van der Waals surface area contributed by atoms with Crippen LogP contribution in [0.5, 0.6) is 0 Å². The molecule has 1 fully saturated rings. The van der Waals surface area contributed by atoms with Gasteiger partial charge >= 0.3 is 5.97 Å². The Labute approximate surface area is 546 Å². The Morgan fingerprint density at radius 3 is 1.85 bits per heavy atom. The van der Waals surface area contributed by atoms with E-state index < -0.39 is 195 Å². The third-order valence-electron chi connectivity index (χ3n) is 15.0. The molecule has 1 aliphatic rings. The van der Waals surface area contributed by atoms with Gasteiger partial charge in [0.05, 0.1) is 31.4 Å². The van der Waals surface area contributed by atoms with E-state index in [1.165, 1.54) is 56.6 Å². The summed E-state index contributed by atoms with van der Waals surface area (Å²) in [5.41, 5.74) is 23.2. The third-order valence-corrected chi connectivity index (χ3v) is 16.7. The summed E-state index contributed by atoms with van der Waals surface area (Å²) >= 11 is 0. The molecule has 15 atom stereocenters. The van der Waals surface area contributed by atoms with E-state index in [0.717, 1.165) is 6.92 Å². The van der Waals surface area contributed by atoms with Crippen molar-refractivity contribution in [3.8, 4) is 0 Å². The molecular formula is C60H96N16O17Si. The van der Waals surface area contributed by atoms with Crippen LogP contribution in [0.1, 0.15) is 91.4 Å². The molecule has 94 heavy (non-hydrogen) atoms. The fraction of sp³-hybridized carbons (Fsp3) is 0.600. The highest BCUT2D eigenvalue weighted by atomic mass is 28.3. The Morgan fingerprint density at radius 1 is 0.713 bits per heavy atom. The number of aliphatic hydroxyl groups excluding tert-OH is 4. The quantitative estimate of drug-likeness (QED) is 0.0162. The van der Waals surface area contributed by atoms with Gasteiger partial charge in [0.1, 0.15) is 48.3 Å². The number of cyclic esters (lactones) is 1. The van der Waals surface area contributed by atoms with Crippen LogP contribution in [0.15, 0.2) is 59.9 Å². The largest absolute Gasteiger partial charge is 0.453 e. The van der Waals surface area contributed by atoms with Crippen LogP contribution in [-0.4, -0.2) is 209 Å². The van der Waals surface area contributed by atoms with Crippen molar-refractivity contribution in [1.82, 2.24) is 58.2 Å². The molecule has 1 unspecified atom stereocenters. The molecule has 0 saturated carbocycles. The van der Waals surface area contributed by atoms with Gasteiger partial charge < -0.3 is 101 Å². The molecule has 0 aliphatic carbocycles. The lowest BCUT2D eigenvalue weighted by Crippen LogP contribution is -2.64. The van der Waals surface area contributed by atoms with Crippen LogP contribution in [0.2, 0.25) is 25.7 Å². The predicted octanol–water partition coefficient (Wildman–Crippen LogP) is -5.55. The van der Waals surface area contributed by atoms with Gasteiger partial charge in [0.2, 0.25) is 65.0 Å². The Hall–Kier alpha value is -8.70. The molecule has 34 heteroatoms. The Morgan fingerprint density at radius 2 is 1.30 bits per heavy atom. The predicted molar refractivity (Wildman–Crippen MR) is 343 cm³/mol. The van der Waals surface area contributed by atoms with Gasteiger partial charge in [0, 0.05) is 33.4 Å². The van der Waals surface area contributed by atoms with Crippen LogP contribution in [-0.2, 0) is 68.7 Å². The Bertz CT molecular complexity index is 2960. The summed E-state index contributed by atoms with van der Waals surface area (Å²) in [5.74, 6) is -17.1.